The minimum atomic E-state index is -0.983. The number of esters is 1. The molecule has 186 valence electrons. The van der Waals surface area contributed by atoms with Gasteiger partial charge < -0.3 is 19.9 Å². The van der Waals surface area contributed by atoms with Crippen LogP contribution in [0.2, 0.25) is 0 Å². The Morgan fingerprint density at radius 3 is 2.29 bits per heavy atom. The van der Waals surface area contributed by atoms with E-state index in [0.717, 1.165) is 11.1 Å². The second kappa shape index (κ2) is 9.56. The van der Waals surface area contributed by atoms with Crippen molar-refractivity contribution in [3.8, 4) is 11.5 Å². The third-order valence-corrected chi connectivity index (χ3v) is 5.69. The van der Waals surface area contributed by atoms with E-state index < -0.39 is 17.4 Å². The summed E-state index contributed by atoms with van der Waals surface area (Å²) in [6.45, 7) is 13.6. The summed E-state index contributed by atoms with van der Waals surface area (Å²) < 4.78 is 11.8. The van der Waals surface area contributed by atoms with Crippen LogP contribution in [0.3, 0.4) is 0 Å². The molecule has 35 heavy (non-hydrogen) atoms. The maximum Gasteiger partial charge on any atom is 0.308 e. The number of aliphatic carboxylic acids is 1. The Balaban J connectivity index is 2.12. The van der Waals surface area contributed by atoms with Gasteiger partial charge in [0.1, 0.15) is 18.1 Å². The third-order valence-electron chi connectivity index (χ3n) is 5.69. The molecule has 2 N–H and O–H groups in total. The highest BCUT2D eigenvalue weighted by atomic mass is 16.5. The van der Waals surface area contributed by atoms with Crippen molar-refractivity contribution in [3.05, 3.63) is 58.2 Å². The summed E-state index contributed by atoms with van der Waals surface area (Å²) in [5, 5.41) is 12.0. The van der Waals surface area contributed by atoms with Crippen LogP contribution in [0.1, 0.15) is 70.7 Å². The first-order valence-electron chi connectivity index (χ1n) is 11.5. The lowest BCUT2D eigenvalue weighted by atomic mass is 9.76. The van der Waals surface area contributed by atoms with Crippen LogP contribution >= 0.6 is 0 Å². The normalized spacial score (nSPS) is 13.3. The average Bonchev–Trinajstić information content (AvgIpc) is 2.71. The number of carbonyl (C=O) groups is 3. The van der Waals surface area contributed by atoms with Gasteiger partial charge in [-0.1, -0.05) is 59.7 Å². The lowest BCUT2D eigenvalue weighted by molar-refractivity contribution is -0.136. The molecule has 0 atom stereocenters. The molecule has 2 aromatic carbocycles. The van der Waals surface area contributed by atoms with Gasteiger partial charge in [-0.2, -0.15) is 0 Å². The zero-order valence-corrected chi connectivity index (χ0v) is 21.4. The molecule has 0 saturated heterocycles. The Kier molecular flexibility index (Phi) is 7.11. The molecule has 7 nitrogen and oxygen atoms in total. The number of fused-ring (bicyclic) bond motifs is 1. The number of amides is 1. The number of nitrogens with one attached hydrogen (secondary N) is 1. The van der Waals surface area contributed by atoms with Crippen molar-refractivity contribution in [3.63, 3.8) is 0 Å². The minimum absolute atomic E-state index is 0.0556. The second-order valence-electron chi connectivity index (χ2n) is 10.8. The number of hydrogen-bond acceptors (Lipinski definition) is 5. The number of hydrogen-bond donors (Lipinski definition) is 2. The summed E-state index contributed by atoms with van der Waals surface area (Å²) in [5.74, 6) is -0.677. The van der Waals surface area contributed by atoms with E-state index in [4.69, 9.17) is 9.47 Å². The first-order chi connectivity index (χ1) is 16.2. The molecular formula is C28H33NO6. The molecule has 0 bridgehead atoms. The molecule has 7 heteroatoms. The number of carboxylic acids is 1. The number of para-hydroxylation sites is 1. The quantitative estimate of drug-likeness (QED) is 0.449. The summed E-state index contributed by atoms with van der Waals surface area (Å²) in [7, 11) is 0. The number of carboxylic acid groups (broad SMARTS) is 1. The number of carbonyl (C=O) groups excluding carboxylic acids is 2. The highest BCUT2D eigenvalue weighted by Crippen LogP contribution is 2.47. The Morgan fingerprint density at radius 2 is 1.71 bits per heavy atom. The van der Waals surface area contributed by atoms with Crippen molar-refractivity contribution in [2.75, 3.05) is 11.9 Å². The molecule has 1 amide bonds. The van der Waals surface area contributed by atoms with Gasteiger partial charge in [-0.3, -0.25) is 14.4 Å². The molecular weight excluding hydrogens is 446 g/mol. The van der Waals surface area contributed by atoms with Gasteiger partial charge >= 0.3 is 11.9 Å². The highest BCUT2D eigenvalue weighted by molar-refractivity contribution is 6.08. The van der Waals surface area contributed by atoms with E-state index in [1.165, 1.54) is 6.92 Å². The van der Waals surface area contributed by atoms with Crippen molar-refractivity contribution in [1.29, 1.82) is 0 Å². The highest BCUT2D eigenvalue weighted by Gasteiger charge is 2.34. The largest absolute Gasteiger partial charge is 0.488 e. The van der Waals surface area contributed by atoms with Crippen molar-refractivity contribution < 1.29 is 29.0 Å². The van der Waals surface area contributed by atoms with Crippen LogP contribution in [-0.4, -0.2) is 29.6 Å². The van der Waals surface area contributed by atoms with E-state index in [9.17, 15) is 19.5 Å². The monoisotopic (exact) mass is 479 g/mol. The topological polar surface area (TPSA) is 102 Å². The Morgan fingerprint density at radius 1 is 1.06 bits per heavy atom. The van der Waals surface area contributed by atoms with Crippen molar-refractivity contribution in [2.24, 2.45) is 0 Å². The lowest BCUT2D eigenvalue weighted by Crippen LogP contribution is -2.26. The van der Waals surface area contributed by atoms with Crippen molar-refractivity contribution in [1.82, 2.24) is 0 Å². The summed E-state index contributed by atoms with van der Waals surface area (Å²) in [4.78, 5) is 36.4. The second-order valence-corrected chi connectivity index (χ2v) is 10.8. The summed E-state index contributed by atoms with van der Waals surface area (Å²) in [5.41, 5.74) is 2.90. The van der Waals surface area contributed by atoms with Crippen molar-refractivity contribution >= 4 is 29.6 Å². The molecule has 0 saturated carbocycles. The minimum Gasteiger partial charge on any atom is -0.488 e. The fourth-order valence-corrected chi connectivity index (χ4v) is 4.13. The van der Waals surface area contributed by atoms with E-state index in [0.29, 0.717) is 33.9 Å². The lowest BCUT2D eigenvalue weighted by Gasteiger charge is -2.33. The summed E-state index contributed by atoms with van der Waals surface area (Å²) in [6, 6.07) is 8.69. The van der Waals surface area contributed by atoms with Gasteiger partial charge in [-0.25, -0.2) is 0 Å². The standard InChI is InChI=1S/C28H33NO6/c1-16(30)35-25-20(27(2,3)4)14-22-19(24(25)28(5,6)7)12-18(15-34-22)26(33)29-21-11-9-8-10-17(21)13-23(31)32/h8-12,14H,13,15H2,1-7H3,(H,29,33)(H,31,32). The number of benzene rings is 2. The van der Waals surface area contributed by atoms with Crippen LogP contribution in [0.5, 0.6) is 11.5 Å². The molecule has 1 aliphatic rings. The van der Waals surface area contributed by atoms with Gasteiger partial charge in [0.15, 0.2) is 0 Å². The fourth-order valence-electron chi connectivity index (χ4n) is 4.13. The predicted molar refractivity (Wildman–Crippen MR) is 135 cm³/mol. The Labute approximate surface area is 206 Å². The summed E-state index contributed by atoms with van der Waals surface area (Å²) >= 11 is 0. The smallest absolute Gasteiger partial charge is 0.308 e. The van der Waals surface area contributed by atoms with Gasteiger partial charge in [-0.05, 0) is 34.6 Å². The van der Waals surface area contributed by atoms with Gasteiger partial charge in [0.25, 0.3) is 5.91 Å². The van der Waals surface area contributed by atoms with E-state index in [1.54, 1.807) is 30.3 Å². The summed E-state index contributed by atoms with van der Waals surface area (Å²) in [6.07, 6.45) is 1.57. The Bertz CT molecular complexity index is 1210. The zero-order valence-electron chi connectivity index (χ0n) is 21.4. The van der Waals surface area contributed by atoms with E-state index in [1.807, 2.05) is 47.6 Å². The van der Waals surface area contributed by atoms with Crippen LogP contribution < -0.4 is 14.8 Å². The molecule has 0 spiro atoms. The zero-order chi connectivity index (χ0) is 26.1. The molecule has 1 aliphatic heterocycles. The Hall–Kier alpha value is -3.61. The molecule has 0 aliphatic carbocycles. The molecule has 1 heterocycles. The van der Waals surface area contributed by atoms with Gasteiger partial charge in [0, 0.05) is 29.3 Å². The number of ether oxygens (including phenoxy) is 2. The van der Waals surface area contributed by atoms with E-state index in [2.05, 4.69) is 5.32 Å². The van der Waals surface area contributed by atoms with Crippen LogP contribution in [0.15, 0.2) is 35.9 Å². The average molecular weight is 480 g/mol. The van der Waals surface area contributed by atoms with Gasteiger partial charge in [-0.15, -0.1) is 0 Å². The first kappa shape index (κ1) is 26.0. The first-order valence-corrected chi connectivity index (χ1v) is 11.5. The van der Waals surface area contributed by atoms with E-state index in [-0.39, 0.29) is 24.3 Å². The number of anilines is 1. The van der Waals surface area contributed by atoms with Crippen LogP contribution in [-0.2, 0) is 31.6 Å². The SMILES string of the molecule is CC(=O)Oc1c(C(C)(C)C)cc2c(c1C(C)(C)C)C=C(C(=O)Nc1ccccc1CC(=O)O)CO2. The molecule has 0 unspecified atom stereocenters. The number of rotatable bonds is 5. The molecule has 0 aromatic heterocycles. The molecule has 2 aromatic rings. The molecule has 3 rings (SSSR count). The van der Waals surface area contributed by atoms with E-state index >= 15 is 0 Å². The van der Waals surface area contributed by atoms with Gasteiger partial charge in [0.05, 0.1) is 12.0 Å². The van der Waals surface area contributed by atoms with Crippen LogP contribution in [0, 0.1) is 0 Å². The molecule has 0 fully saturated rings. The van der Waals surface area contributed by atoms with Crippen LogP contribution in [0.25, 0.3) is 6.08 Å². The third kappa shape index (κ3) is 5.91. The van der Waals surface area contributed by atoms with Crippen LogP contribution in [0.4, 0.5) is 5.69 Å². The van der Waals surface area contributed by atoms with Crippen molar-refractivity contribution in [2.45, 2.75) is 65.7 Å². The fraction of sp³-hybridized carbons (Fsp3) is 0.393. The predicted octanol–water partition coefficient (Wildman–Crippen LogP) is 5.25. The van der Waals surface area contributed by atoms with Gasteiger partial charge in [0.2, 0.25) is 0 Å². The maximum absolute atomic E-state index is 13.2. The molecule has 0 radical (unpaired) electrons. The maximum atomic E-state index is 13.2.